The highest BCUT2D eigenvalue weighted by Gasteiger charge is 2.43. The number of hydrogen-bond donors (Lipinski definition) is 0. The van der Waals surface area contributed by atoms with Gasteiger partial charge in [0.2, 0.25) is 0 Å². The zero-order valence-electron chi connectivity index (χ0n) is 5.96. The number of fused-ring (bicyclic) bond motifs is 1. The summed E-state index contributed by atoms with van der Waals surface area (Å²) in [5.74, 6) is 1.92. The van der Waals surface area contributed by atoms with Crippen molar-refractivity contribution in [1.29, 1.82) is 0 Å². The van der Waals surface area contributed by atoms with Crippen molar-refractivity contribution in [3.8, 4) is 0 Å². The van der Waals surface area contributed by atoms with Crippen molar-refractivity contribution in [1.82, 2.24) is 0 Å². The molecule has 0 heterocycles. The van der Waals surface area contributed by atoms with Gasteiger partial charge in [-0.25, -0.2) is 0 Å². The van der Waals surface area contributed by atoms with E-state index in [1.165, 1.54) is 0 Å². The summed E-state index contributed by atoms with van der Waals surface area (Å²) in [6.07, 6.45) is 3.85. The van der Waals surface area contributed by atoms with E-state index >= 15 is 0 Å². The first kappa shape index (κ1) is 5.96. The second-order valence-corrected chi connectivity index (χ2v) is 2.92. The van der Waals surface area contributed by atoms with Gasteiger partial charge in [0.15, 0.2) is 0 Å². The molecule has 0 aliphatic heterocycles. The minimum Gasteiger partial charge on any atom is -0.501 e. The zero-order chi connectivity index (χ0) is 7.14. The van der Waals surface area contributed by atoms with Gasteiger partial charge in [0.25, 0.3) is 0 Å². The third-order valence-corrected chi connectivity index (χ3v) is 2.42. The van der Waals surface area contributed by atoms with Gasteiger partial charge in [-0.3, -0.25) is 4.79 Å². The van der Waals surface area contributed by atoms with E-state index in [1.807, 2.05) is 0 Å². The Hall–Kier alpha value is -0.790. The molecule has 0 aromatic carbocycles. The summed E-state index contributed by atoms with van der Waals surface area (Å²) < 4.78 is 5.01. The molecule has 0 spiro atoms. The van der Waals surface area contributed by atoms with Crippen LogP contribution in [-0.2, 0) is 9.53 Å². The van der Waals surface area contributed by atoms with Crippen LogP contribution in [0.4, 0.5) is 0 Å². The largest absolute Gasteiger partial charge is 0.501 e. The zero-order valence-corrected chi connectivity index (χ0v) is 5.96. The summed E-state index contributed by atoms with van der Waals surface area (Å²) >= 11 is 0. The Labute approximate surface area is 59.9 Å². The van der Waals surface area contributed by atoms with Gasteiger partial charge in [0.05, 0.1) is 13.0 Å². The van der Waals surface area contributed by atoms with Crippen LogP contribution in [-0.4, -0.2) is 12.9 Å². The highest BCUT2D eigenvalue weighted by atomic mass is 16.5. The molecule has 1 saturated carbocycles. The lowest BCUT2D eigenvalue weighted by Crippen LogP contribution is -2.25. The molecular weight excluding hydrogens is 128 g/mol. The van der Waals surface area contributed by atoms with E-state index in [4.69, 9.17) is 4.74 Å². The Morgan fingerprint density at radius 1 is 1.70 bits per heavy atom. The number of ether oxygens (including phenoxy) is 1. The average molecular weight is 138 g/mol. The molecule has 2 rings (SSSR count). The lowest BCUT2D eigenvalue weighted by molar-refractivity contribution is -0.121. The van der Waals surface area contributed by atoms with E-state index in [9.17, 15) is 4.79 Å². The maximum Gasteiger partial charge on any atom is 0.144 e. The van der Waals surface area contributed by atoms with Crippen LogP contribution in [0, 0.1) is 11.8 Å². The standard InChI is InChI=1S/C8H10O2/c1-10-7-4-5-2-3-6(9)8(5)7/h4-5,8H,2-3H2,1H3/t5-,8+/m0/s1. The van der Waals surface area contributed by atoms with Crippen LogP contribution < -0.4 is 0 Å². The Kier molecular flexibility index (Phi) is 1.10. The molecule has 0 bridgehead atoms. The number of rotatable bonds is 1. The summed E-state index contributed by atoms with van der Waals surface area (Å²) in [6.45, 7) is 0. The predicted octanol–water partition coefficient (Wildman–Crippen LogP) is 1.13. The normalized spacial score (nSPS) is 36.5. The lowest BCUT2D eigenvalue weighted by Gasteiger charge is -2.26. The Balaban J connectivity index is 2.19. The minimum absolute atomic E-state index is 0.144. The number of Topliss-reactive ketones (excluding diaryl/α,β-unsaturated/α-hetero) is 1. The Morgan fingerprint density at radius 3 is 3.10 bits per heavy atom. The summed E-state index contributed by atoms with van der Waals surface area (Å²) in [6, 6.07) is 0. The lowest BCUT2D eigenvalue weighted by atomic mass is 9.83. The van der Waals surface area contributed by atoms with Crippen LogP contribution in [0.5, 0.6) is 0 Å². The maximum atomic E-state index is 11.1. The SMILES string of the molecule is COC1=C[C@@H]2CCC(=O)[C@H]12. The fourth-order valence-corrected chi connectivity index (χ4v) is 1.81. The molecule has 2 nitrogen and oxygen atoms in total. The third-order valence-electron chi connectivity index (χ3n) is 2.42. The number of carbonyl (C=O) groups excluding carboxylic acids is 1. The number of allylic oxidation sites excluding steroid dienone is 2. The number of carbonyl (C=O) groups is 1. The van der Waals surface area contributed by atoms with Gasteiger partial charge in [-0.05, 0) is 18.4 Å². The van der Waals surface area contributed by atoms with Gasteiger partial charge in [0.1, 0.15) is 11.5 Å². The van der Waals surface area contributed by atoms with E-state index in [0.717, 1.165) is 18.6 Å². The Bertz CT molecular complexity index is 205. The van der Waals surface area contributed by atoms with E-state index in [0.29, 0.717) is 11.7 Å². The Morgan fingerprint density at radius 2 is 2.50 bits per heavy atom. The average Bonchev–Trinajstić information content (AvgIpc) is 2.09. The van der Waals surface area contributed by atoms with Crippen LogP contribution in [0.1, 0.15) is 12.8 Å². The van der Waals surface area contributed by atoms with Crippen LogP contribution in [0.3, 0.4) is 0 Å². The first-order chi connectivity index (χ1) is 4.83. The molecule has 2 aliphatic carbocycles. The van der Waals surface area contributed by atoms with Crippen molar-refractivity contribution in [3.63, 3.8) is 0 Å². The number of hydrogen-bond acceptors (Lipinski definition) is 2. The van der Waals surface area contributed by atoms with Crippen molar-refractivity contribution in [3.05, 3.63) is 11.8 Å². The number of methoxy groups -OCH3 is 1. The quantitative estimate of drug-likeness (QED) is 0.543. The number of ketones is 1. The monoisotopic (exact) mass is 138 g/mol. The molecule has 0 aromatic rings. The molecular formula is C8H10O2. The smallest absolute Gasteiger partial charge is 0.144 e. The van der Waals surface area contributed by atoms with Crippen LogP contribution in [0.2, 0.25) is 0 Å². The van der Waals surface area contributed by atoms with Gasteiger partial charge < -0.3 is 4.74 Å². The van der Waals surface area contributed by atoms with E-state index in [2.05, 4.69) is 6.08 Å². The second-order valence-electron chi connectivity index (χ2n) is 2.92. The van der Waals surface area contributed by atoms with Gasteiger partial charge in [-0.1, -0.05) is 0 Å². The molecule has 2 heteroatoms. The van der Waals surface area contributed by atoms with E-state index in [1.54, 1.807) is 7.11 Å². The molecule has 0 N–H and O–H groups in total. The first-order valence-electron chi connectivity index (χ1n) is 3.61. The molecule has 0 amide bonds. The summed E-state index contributed by atoms with van der Waals surface area (Å²) in [7, 11) is 1.63. The highest BCUT2D eigenvalue weighted by molar-refractivity contribution is 5.87. The third kappa shape index (κ3) is 0.564. The van der Waals surface area contributed by atoms with Gasteiger partial charge >= 0.3 is 0 Å². The van der Waals surface area contributed by atoms with Crippen molar-refractivity contribution in [2.24, 2.45) is 11.8 Å². The van der Waals surface area contributed by atoms with Crippen molar-refractivity contribution >= 4 is 5.78 Å². The predicted molar refractivity (Wildman–Crippen MR) is 36.3 cm³/mol. The van der Waals surface area contributed by atoms with Gasteiger partial charge in [-0.15, -0.1) is 0 Å². The van der Waals surface area contributed by atoms with Gasteiger partial charge in [0, 0.05) is 6.42 Å². The topological polar surface area (TPSA) is 26.3 Å². The fourth-order valence-electron chi connectivity index (χ4n) is 1.81. The second kappa shape index (κ2) is 1.84. The van der Waals surface area contributed by atoms with Crippen molar-refractivity contribution in [2.75, 3.05) is 7.11 Å². The molecule has 54 valence electrons. The molecule has 0 radical (unpaired) electrons. The minimum atomic E-state index is 0.144. The van der Waals surface area contributed by atoms with Crippen LogP contribution in [0.15, 0.2) is 11.8 Å². The summed E-state index contributed by atoms with van der Waals surface area (Å²) in [5, 5.41) is 0. The maximum absolute atomic E-state index is 11.1. The van der Waals surface area contributed by atoms with Crippen LogP contribution >= 0.6 is 0 Å². The first-order valence-corrected chi connectivity index (χ1v) is 3.61. The molecule has 10 heavy (non-hydrogen) atoms. The van der Waals surface area contributed by atoms with Crippen LogP contribution in [0.25, 0.3) is 0 Å². The highest BCUT2D eigenvalue weighted by Crippen LogP contribution is 2.43. The summed E-state index contributed by atoms with van der Waals surface area (Å²) in [4.78, 5) is 11.1. The molecule has 0 unspecified atom stereocenters. The fraction of sp³-hybridized carbons (Fsp3) is 0.625. The van der Waals surface area contributed by atoms with E-state index < -0.39 is 0 Å². The summed E-state index contributed by atoms with van der Waals surface area (Å²) in [5.41, 5.74) is 0. The molecule has 2 aliphatic rings. The van der Waals surface area contributed by atoms with Crippen molar-refractivity contribution < 1.29 is 9.53 Å². The molecule has 0 aromatic heterocycles. The molecule has 1 fully saturated rings. The van der Waals surface area contributed by atoms with E-state index in [-0.39, 0.29) is 5.92 Å². The molecule has 2 atom stereocenters. The van der Waals surface area contributed by atoms with Crippen molar-refractivity contribution in [2.45, 2.75) is 12.8 Å². The molecule has 0 saturated heterocycles. The van der Waals surface area contributed by atoms with Gasteiger partial charge in [-0.2, -0.15) is 0 Å².